The molecule has 3 heteroatoms. The third-order valence-corrected chi connectivity index (χ3v) is 4.02. The Morgan fingerprint density at radius 3 is 2.82 bits per heavy atom. The Balaban J connectivity index is 2.40. The lowest BCUT2D eigenvalue weighted by Crippen LogP contribution is -2.09. The van der Waals surface area contributed by atoms with Gasteiger partial charge in [-0.2, -0.15) is 0 Å². The standard InChI is InChI=1S/C14H15BrN2/c1-8-6-9(15)7-11-13(16)10-4-2-3-5-12(10)17-14(8)11/h6-7H,2-5H2,1H3,(H2,16,17). The van der Waals surface area contributed by atoms with Gasteiger partial charge in [-0.25, -0.2) is 0 Å². The quantitative estimate of drug-likeness (QED) is 0.802. The second-order valence-electron chi connectivity index (χ2n) is 4.78. The average Bonchev–Trinajstić information content (AvgIpc) is 2.31. The van der Waals surface area contributed by atoms with E-state index in [9.17, 15) is 0 Å². The lowest BCUT2D eigenvalue weighted by atomic mass is 9.92. The van der Waals surface area contributed by atoms with Crippen molar-refractivity contribution >= 4 is 32.5 Å². The number of fused-ring (bicyclic) bond motifs is 2. The SMILES string of the molecule is Cc1cc(Br)cc2c(N)c3c(nc12)CCCC3. The van der Waals surface area contributed by atoms with E-state index in [0.29, 0.717) is 0 Å². The maximum atomic E-state index is 6.32. The van der Waals surface area contributed by atoms with Crippen LogP contribution in [0.4, 0.5) is 5.69 Å². The van der Waals surface area contributed by atoms with Crippen LogP contribution in [0.3, 0.4) is 0 Å². The van der Waals surface area contributed by atoms with E-state index in [1.165, 1.54) is 29.7 Å². The van der Waals surface area contributed by atoms with Crippen LogP contribution in [-0.2, 0) is 12.8 Å². The van der Waals surface area contributed by atoms with Gasteiger partial charge in [-0.15, -0.1) is 0 Å². The van der Waals surface area contributed by atoms with Gasteiger partial charge in [-0.1, -0.05) is 15.9 Å². The number of nitrogen functional groups attached to an aromatic ring is 1. The van der Waals surface area contributed by atoms with Crippen molar-refractivity contribution in [3.05, 3.63) is 33.4 Å². The van der Waals surface area contributed by atoms with E-state index in [0.717, 1.165) is 33.9 Å². The zero-order valence-electron chi connectivity index (χ0n) is 9.89. The molecule has 0 atom stereocenters. The van der Waals surface area contributed by atoms with Gasteiger partial charge in [-0.3, -0.25) is 4.98 Å². The molecule has 0 radical (unpaired) electrons. The monoisotopic (exact) mass is 290 g/mol. The van der Waals surface area contributed by atoms with Gasteiger partial charge < -0.3 is 5.73 Å². The number of nitrogens with two attached hydrogens (primary N) is 1. The van der Waals surface area contributed by atoms with E-state index >= 15 is 0 Å². The molecule has 17 heavy (non-hydrogen) atoms. The van der Waals surface area contributed by atoms with Crippen LogP contribution in [-0.4, -0.2) is 4.98 Å². The van der Waals surface area contributed by atoms with Gasteiger partial charge in [0.25, 0.3) is 0 Å². The van der Waals surface area contributed by atoms with Crippen molar-refractivity contribution in [3.8, 4) is 0 Å². The first kappa shape index (κ1) is 11.0. The summed E-state index contributed by atoms with van der Waals surface area (Å²) in [7, 11) is 0. The van der Waals surface area contributed by atoms with Gasteiger partial charge >= 0.3 is 0 Å². The molecule has 0 spiro atoms. The molecular formula is C14H15BrN2. The fourth-order valence-corrected chi connectivity index (χ4v) is 3.26. The minimum absolute atomic E-state index is 0.939. The summed E-state index contributed by atoms with van der Waals surface area (Å²) in [6, 6.07) is 4.18. The topological polar surface area (TPSA) is 38.9 Å². The maximum absolute atomic E-state index is 6.32. The van der Waals surface area contributed by atoms with Gasteiger partial charge in [0.1, 0.15) is 0 Å². The molecule has 1 aliphatic carbocycles. The number of halogens is 1. The summed E-state index contributed by atoms with van der Waals surface area (Å²) in [5, 5.41) is 1.09. The third-order valence-electron chi connectivity index (χ3n) is 3.57. The smallest absolute Gasteiger partial charge is 0.0756 e. The number of rotatable bonds is 0. The second-order valence-corrected chi connectivity index (χ2v) is 5.69. The highest BCUT2D eigenvalue weighted by Gasteiger charge is 2.17. The molecule has 2 N–H and O–H groups in total. The molecule has 0 unspecified atom stereocenters. The van der Waals surface area contributed by atoms with Crippen LogP contribution in [0.15, 0.2) is 16.6 Å². The zero-order valence-corrected chi connectivity index (χ0v) is 11.5. The Morgan fingerprint density at radius 1 is 1.24 bits per heavy atom. The molecule has 0 saturated carbocycles. The molecule has 0 fully saturated rings. The fourth-order valence-electron chi connectivity index (χ4n) is 2.69. The highest BCUT2D eigenvalue weighted by atomic mass is 79.9. The van der Waals surface area contributed by atoms with Crippen LogP contribution in [0, 0.1) is 6.92 Å². The van der Waals surface area contributed by atoms with Crippen LogP contribution in [0.25, 0.3) is 10.9 Å². The molecule has 3 rings (SSSR count). The van der Waals surface area contributed by atoms with E-state index in [1.807, 2.05) is 0 Å². The molecule has 0 amide bonds. The Labute approximate surface area is 109 Å². The summed E-state index contributed by atoms with van der Waals surface area (Å²) in [4.78, 5) is 4.82. The predicted molar refractivity (Wildman–Crippen MR) is 75.2 cm³/mol. The summed E-state index contributed by atoms with van der Waals surface area (Å²) in [6.07, 6.45) is 4.62. The van der Waals surface area contributed by atoms with Crippen molar-refractivity contribution in [1.82, 2.24) is 4.98 Å². The van der Waals surface area contributed by atoms with Gasteiger partial charge in [0.15, 0.2) is 0 Å². The van der Waals surface area contributed by atoms with Crippen molar-refractivity contribution in [2.45, 2.75) is 32.6 Å². The number of anilines is 1. The van der Waals surface area contributed by atoms with Gasteiger partial charge in [0.05, 0.1) is 5.52 Å². The summed E-state index contributed by atoms with van der Waals surface area (Å²) in [6.45, 7) is 2.09. The van der Waals surface area contributed by atoms with E-state index in [1.54, 1.807) is 0 Å². The van der Waals surface area contributed by atoms with E-state index in [-0.39, 0.29) is 0 Å². The van der Waals surface area contributed by atoms with Crippen molar-refractivity contribution in [1.29, 1.82) is 0 Å². The summed E-state index contributed by atoms with van der Waals surface area (Å²) < 4.78 is 1.08. The van der Waals surface area contributed by atoms with Gasteiger partial charge in [0, 0.05) is 21.2 Å². The Bertz CT molecular complexity index is 605. The van der Waals surface area contributed by atoms with E-state index in [2.05, 4.69) is 35.0 Å². The normalized spacial score (nSPS) is 14.9. The predicted octanol–water partition coefficient (Wildman–Crippen LogP) is 3.77. The first-order valence-electron chi connectivity index (χ1n) is 6.04. The molecular weight excluding hydrogens is 276 g/mol. The fraction of sp³-hybridized carbons (Fsp3) is 0.357. The molecule has 1 heterocycles. The number of nitrogens with zero attached hydrogens (tertiary/aromatic N) is 1. The Kier molecular flexibility index (Phi) is 2.58. The Hall–Kier alpha value is -1.09. The second kappa shape index (κ2) is 3.98. The Morgan fingerprint density at radius 2 is 2.00 bits per heavy atom. The van der Waals surface area contributed by atoms with Crippen LogP contribution in [0.1, 0.15) is 29.7 Å². The first-order chi connectivity index (χ1) is 8.16. The summed E-state index contributed by atoms with van der Waals surface area (Å²) in [5.74, 6) is 0. The number of pyridine rings is 1. The van der Waals surface area contributed by atoms with Crippen molar-refractivity contribution < 1.29 is 0 Å². The lowest BCUT2D eigenvalue weighted by Gasteiger charge is -2.19. The van der Waals surface area contributed by atoms with E-state index in [4.69, 9.17) is 10.7 Å². The minimum Gasteiger partial charge on any atom is -0.398 e. The van der Waals surface area contributed by atoms with Crippen LogP contribution < -0.4 is 5.73 Å². The molecule has 1 aromatic carbocycles. The lowest BCUT2D eigenvalue weighted by molar-refractivity contribution is 0.673. The third kappa shape index (κ3) is 1.73. The van der Waals surface area contributed by atoms with Crippen molar-refractivity contribution in [2.24, 2.45) is 0 Å². The zero-order chi connectivity index (χ0) is 12.0. The molecule has 88 valence electrons. The van der Waals surface area contributed by atoms with Gasteiger partial charge in [-0.05, 0) is 55.9 Å². The molecule has 1 aromatic heterocycles. The molecule has 0 aliphatic heterocycles. The minimum atomic E-state index is 0.939. The summed E-state index contributed by atoms with van der Waals surface area (Å²) in [5.41, 5.74) is 12.0. The number of hydrogen-bond acceptors (Lipinski definition) is 2. The number of aromatic nitrogens is 1. The first-order valence-corrected chi connectivity index (χ1v) is 6.83. The number of benzene rings is 1. The van der Waals surface area contributed by atoms with Crippen LogP contribution in [0.5, 0.6) is 0 Å². The van der Waals surface area contributed by atoms with E-state index < -0.39 is 0 Å². The maximum Gasteiger partial charge on any atom is 0.0756 e. The van der Waals surface area contributed by atoms with Crippen molar-refractivity contribution in [3.63, 3.8) is 0 Å². The number of hydrogen-bond donors (Lipinski definition) is 1. The highest BCUT2D eigenvalue weighted by molar-refractivity contribution is 9.10. The molecule has 2 nitrogen and oxygen atoms in total. The molecule has 2 aromatic rings. The number of aryl methyl sites for hydroxylation is 2. The largest absolute Gasteiger partial charge is 0.398 e. The molecule has 0 bridgehead atoms. The molecule has 1 aliphatic rings. The van der Waals surface area contributed by atoms with Crippen LogP contribution in [0.2, 0.25) is 0 Å². The highest BCUT2D eigenvalue weighted by Crippen LogP contribution is 2.33. The molecule has 0 saturated heterocycles. The average molecular weight is 291 g/mol. The van der Waals surface area contributed by atoms with Crippen molar-refractivity contribution in [2.75, 3.05) is 5.73 Å². The van der Waals surface area contributed by atoms with Crippen LogP contribution >= 0.6 is 15.9 Å². The van der Waals surface area contributed by atoms with Gasteiger partial charge in [0.2, 0.25) is 0 Å². The summed E-state index contributed by atoms with van der Waals surface area (Å²) >= 11 is 3.53.